The summed E-state index contributed by atoms with van der Waals surface area (Å²) in [6.45, 7) is 0.559. The van der Waals surface area contributed by atoms with Crippen LogP contribution in [0.1, 0.15) is 19.3 Å². The monoisotopic (exact) mass is 299 g/mol. The molecule has 0 aliphatic carbocycles. The third kappa shape index (κ3) is 4.59. The van der Waals surface area contributed by atoms with E-state index in [-0.39, 0.29) is 10.8 Å². The molecule has 0 spiro atoms. The summed E-state index contributed by atoms with van der Waals surface area (Å²) in [7, 11) is -0.559. The summed E-state index contributed by atoms with van der Waals surface area (Å²) in [4.78, 5) is 11.8. The van der Waals surface area contributed by atoms with Crippen LogP contribution in [0.2, 0.25) is 0 Å². The molecule has 112 valence electrons. The molecule has 0 unspecified atom stereocenters. The standard InChI is InChI=1S/C13H21N3O3S/c1-16(2)20(18,19)12-7-5-6-11(10-12)15-13(17)8-3-4-9-14/h5-7,10H,3-4,8-9,14H2,1-2H3,(H,15,17). The molecule has 1 rings (SSSR count). The smallest absolute Gasteiger partial charge is 0.242 e. The number of hydrogen-bond acceptors (Lipinski definition) is 4. The van der Waals surface area contributed by atoms with Crippen molar-refractivity contribution in [2.45, 2.75) is 24.2 Å². The molecule has 7 heteroatoms. The lowest BCUT2D eigenvalue weighted by Crippen LogP contribution is -2.22. The number of anilines is 1. The average Bonchev–Trinajstić information content (AvgIpc) is 2.39. The zero-order valence-corrected chi connectivity index (χ0v) is 12.6. The van der Waals surface area contributed by atoms with E-state index in [4.69, 9.17) is 5.73 Å². The second-order valence-electron chi connectivity index (χ2n) is 4.61. The van der Waals surface area contributed by atoms with Gasteiger partial charge in [0, 0.05) is 26.2 Å². The number of carbonyl (C=O) groups is 1. The first-order valence-corrected chi connectivity index (χ1v) is 7.84. The van der Waals surface area contributed by atoms with E-state index in [9.17, 15) is 13.2 Å². The third-order valence-corrected chi connectivity index (χ3v) is 4.57. The molecule has 20 heavy (non-hydrogen) atoms. The summed E-state index contributed by atoms with van der Waals surface area (Å²) < 4.78 is 25.1. The van der Waals surface area contributed by atoms with E-state index in [1.165, 1.54) is 26.2 Å². The van der Waals surface area contributed by atoms with Crippen LogP contribution < -0.4 is 11.1 Å². The number of carbonyl (C=O) groups excluding carboxylic acids is 1. The van der Waals surface area contributed by atoms with Crippen molar-refractivity contribution in [2.75, 3.05) is 26.0 Å². The van der Waals surface area contributed by atoms with Gasteiger partial charge < -0.3 is 11.1 Å². The maximum absolute atomic E-state index is 12.0. The molecule has 0 heterocycles. The minimum absolute atomic E-state index is 0.141. The fraction of sp³-hybridized carbons (Fsp3) is 0.462. The molecule has 1 amide bonds. The summed E-state index contributed by atoms with van der Waals surface area (Å²) in [6, 6.07) is 6.22. The van der Waals surface area contributed by atoms with Gasteiger partial charge in [-0.3, -0.25) is 4.79 Å². The van der Waals surface area contributed by atoms with Crippen molar-refractivity contribution in [1.29, 1.82) is 0 Å². The van der Waals surface area contributed by atoms with Gasteiger partial charge in [-0.15, -0.1) is 0 Å². The highest BCUT2D eigenvalue weighted by Gasteiger charge is 2.17. The highest BCUT2D eigenvalue weighted by molar-refractivity contribution is 7.89. The number of benzene rings is 1. The summed E-state index contributed by atoms with van der Waals surface area (Å²) >= 11 is 0. The second-order valence-corrected chi connectivity index (χ2v) is 6.76. The average molecular weight is 299 g/mol. The summed E-state index contributed by atoms with van der Waals surface area (Å²) in [6.07, 6.45) is 1.89. The number of unbranched alkanes of at least 4 members (excludes halogenated alkanes) is 1. The normalized spacial score (nSPS) is 11.6. The third-order valence-electron chi connectivity index (χ3n) is 2.75. The molecule has 6 nitrogen and oxygen atoms in total. The van der Waals surface area contributed by atoms with Gasteiger partial charge >= 0.3 is 0 Å². The van der Waals surface area contributed by atoms with Gasteiger partial charge in [-0.25, -0.2) is 12.7 Å². The van der Waals surface area contributed by atoms with Gasteiger partial charge in [0.1, 0.15) is 0 Å². The van der Waals surface area contributed by atoms with Crippen molar-refractivity contribution in [2.24, 2.45) is 5.73 Å². The fourth-order valence-electron chi connectivity index (χ4n) is 1.60. The Hall–Kier alpha value is -1.44. The fourth-order valence-corrected chi connectivity index (χ4v) is 2.55. The molecule has 0 fully saturated rings. The van der Waals surface area contributed by atoms with Crippen LogP contribution in [0.15, 0.2) is 29.2 Å². The molecule has 3 N–H and O–H groups in total. The lowest BCUT2D eigenvalue weighted by atomic mass is 10.2. The van der Waals surface area contributed by atoms with Crippen LogP contribution in [0.4, 0.5) is 5.69 Å². The Morgan fingerprint density at radius 3 is 2.60 bits per heavy atom. The van der Waals surface area contributed by atoms with Gasteiger partial charge in [0.25, 0.3) is 0 Å². The summed E-state index contributed by atoms with van der Waals surface area (Å²) in [5, 5.41) is 2.69. The van der Waals surface area contributed by atoms with Gasteiger partial charge in [0.05, 0.1) is 4.90 Å². The van der Waals surface area contributed by atoms with Gasteiger partial charge in [-0.1, -0.05) is 6.07 Å². The lowest BCUT2D eigenvalue weighted by molar-refractivity contribution is -0.116. The molecule has 0 aromatic heterocycles. The maximum atomic E-state index is 12.0. The van der Waals surface area contributed by atoms with E-state index in [0.717, 1.165) is 17.1 Å². The van der Waals surface area contributed by atoms with Crippen LogP contribution in [-0.2, 0) is 14.8 Å². The predicted octanol–water partition coefficient (Wildman–Crippen LogP) is 1.00. The van der Waals surface area contributed by atoms with Crippen LogP contribution in [0.25, 0.3) is 0 Å². The zero-order valence-electron chi connectivity index (χ0n) is 11.8. The molecule has 1 aromatic carbocycles. The lowest BCUT2D eigenvalue weighted by Gasteiger charge is -2.12. The highest BCUT2D eigenvalue weighted by Crippen LogP contribution is 2.18. The molecular formula is C13H21N3O3S. The molecule has 1 aromatic rings. The molecule has 0 radical (unpaired) electrons. The number of amides is 1. The number of rotatable bonds is 7. The van der Waals surface area contributed by atoms with Crippen LogP contribution in [0.3, 0.4) is 0 Å². The topological polar surface area (TPSA) is 92.5 Å². The summed E-state index contributed by atoms with van der Waals surface area (Å²) in [5.41, 5.74) is 5.84. The minimum Gasteiger partial charge on any atom is -0.330 e. The molecule has 0 atom stereocenters. The van der Waals surface area contributed by atoms with E-state index < -0.39 is 10.0 Å². The molecule has 0 aliphatic rings. The van der Waals surface area contributed by atoms with Crippen molar-refractivity contribution in [3.8, 4) is 0 Å². The number of nitrogens with two attached hydrogens (primary N) is 1. The molecule has 0 bridgehead atoms. The Morgan fingerprint density at radius 1 is 1.30 bits per heavy atom. The zero-order chi connectivity index (χ0) is 15.2. The Balaban J connectivity index is 2.77. The molecule has 0 saturated heterocycles. The van der Waals surface area contributed by atoms with E-state index >= 15 is 0 Å². The van der Waals surface area contributed by atoms with E-state index in [0.29, 0.717) is 18.7 Å². The van der Waals surface area contributed by atoms with Crippen molar-refractivity contribution < 1.29 is 13.2 Å². The largest absolute Gasteiger partial charge is 0.330 e. The molecule has 0 saturated carbocycles. The number of sulfonamides is 1. The van der Waals surface area contributed by atoms with Gasteiger partial charge in [-0.2, -0.15) is 0 Å². The Morgan fingerprint density at radius 2 is 2.00 bits per heavy atom. The summed E-state index contributed by atoms with van der Waals surface area (Å²) in [5.74, 6) is -0.141. The number of nitrogens with one attached hydrogen (secondary N) is 1. The van der Waals surface area contributed by atoms with Crippen LogP contribution in [0.5, 0.6) is 0 Å². The van der Waals surface area contributed by atoms with Crippen molar-refractivity contribution in [3.63, 3.8) is 0 Å². The van der Waals surface area contributed by atoms with Gasteiger partial charge in [-0.05, 0) is 37.6 Å². The van der Waals surface area contributed by atoms with E-state index in [2.05, 4.69) is 5.32 Å². The first-order chi connectivity index (χ1) is 9.37. The van der Waals surface area contributed by atoms with Crippen LogP contribution in [0, 0.1) is 0 Å². The van der Waals surface area contributed by atoms with Gasteiger partial charge in [0.2, 0.25) is 15.9 Å². The first-order valence-electron chi connectivity index (χ1n) is 6.40. The van der Waals surface area contributed by atoms with E-state index in [1.54, 1.807) is 12.1 Å². The predicted molar refractivity (Wildman–Crippen MR) is 78.8 cm³/mol. The van der Waals surface area contributed by atoms with Gasteiger partial charge in [0.15, 0.2) is 0 Å². The van der Waals surface area contributed by atoms with Crippen LogP contribution in [-0.4, -0.2) is 39.3 Å². The second kappa shape index (κ2) is 7.37. The quantitative estimate of drug-likeness (QED) is 0.735. The first kappa shape index (κ1) is 16.6. The molecular weight excluding hydrogens is 278 g/mol. The minimum atomic E-state index is -3.49. The Kier molecular flexibility index (Phi) is 6.12. The van der Waals surface area contributed by atoms with Crippen molar-refractivity contribution in [3.05, 3.63) is 24.3 Å². The van der Waals surface area contributed by atoms with E-state index in [1.807, 2.05) is 0 Å². The Bertz CT molecular complexity index is 556. The van der Waals surface area contributed by atoms with Crippen molar-refractivity contribution >= 4 is 21.6 Å². The number of hydrogen-bond donors (Lipinski definition) is 2. The Labute approximate surface area is 120 Å². The van der Waals surface area contributed by atoms with Crippen molar-refractivity contribution in [1.82, 2.24) is 4.31 Å². The van der Waals surface area contributed by atoms with Crippen LogP contribution >= 0.6 is 0 Å². The SMILES string of the molecule is CN(C)S(=O)(=O)c1cccc(NC(=O)CCCCN)c1. The molecule has 0 aliphatic heterocycles. The maximum Gasteiger partial charge on any atom is 0.242 e. The highest BCUT2D eigenvalue weighted by atomic mass is 32.2. The number of nitrogens with zero attached hydrogens (tertiary/aromatic N) is 1.